The van der Waals surface area contributed by atoms with Crippen LogP contribution in [0.2, 0.25) is 0 Å². The fourth-order valence-electron chi connectivity index (χ4n) is 1.99. The minimum absolute atomic E-state index is 0.194. The molecule has 0 heterocycles. The van der Waals surface area contributed by atoms with E-state index in [9.17, 15) is 14.0 Å². The summed E-state index contributed by atoms with van der Waals surface area (Å²) in [6.45, 7) is 1.04. The minimum atomic E-state index is -0.707. The third kappa shape index (κ3) is 5.72. The fourth-order valence-corrected chi connectivity index (χ4v) is 1.99. The van der Waals surface area contributed by atoms with Crippen LogP contribution in [0.15, 0.2) is 54.6 Å². The molecular formula is C18H18FNO4. The zero-order valence-corrected chi connectivity index (χ0v) is 13.2. The maximum atomic E-state index is 13.0. The molecule has 0 fully saturated rings. The Morgan fingerprint density at radius 3 is 2.54 bits per heavy atom. The van der Waals surface area contributed by atoms with Crippen molar-refractivity contribution in [2.45, 2.75) is 13.0 Å². The van der Waals surface area contributed by atoms with Gasteiger partial charge in [0.1, 0.15) is 11.6 Å². The lowest BCUT2D eigenvalue weighted by molar-refractivity contribution is -0.150. The van der Waals surface area contributed by atoms with Crippen molar-refractivity contribution in [1.29, 1.82) is 0 Å². The normalized spacial score (nSPS) is 11.4. The second-order valence-electron chi connectivity index (χ2n) is 5.11. The first-order valence-corrected chi connectivity index (χ1v) is 7.43. The first-order valence-electron chi connectivity index (χ1n) is 7.43. The van der Waals surface area contributed by atoms with Gasteiger partial charge in [0.05, 0.1) is 6.04 Å². The summed E-state index contributed by atoms with van der Waals surface area (Å²) in [6, 6.07) is 14.6. The van der Waals surface area contributed by atoms with Gasteiger partial charge in [-0.25, -0.2) is 9.18 Å². The Labute approximate surface area is 139 Å². The Kier molecular flexibility index (Phi) is 6.31. The summed E-state index contributed by atoms with van der Waals surface area (Å²) < 4.78 is 22.9. The quantitative estimate of drug-likeness (QED) is 0.792. The molecule has 2 rings (SSSR count). The highest BCUT2D eigenvalue weighted by Crippen LogP contribution is 2.12. The summed E-state index contributed by atoms with van der Waals surface area (Å²) in [5.74, 6) is -1.36. The van der Waals surface area contributed by atoms with E-state index in [1.165, 1.54) is 18.2 Å². The summed E-state index contributed by atoms with van der Waals surface area (Å²) in [7, 11) is 0. The first-order chi connectivity index (χ1) is 11.5. The first kappa shape index (κ1) is 17.5. The predicted molar refractivity (Wildman–Crippen MR) is 85.9 cm³/mol. The van der Waals surface area contributed by atoms with Gasteiger partial charge in [-0.3, -0.25) is 4.79 Å². The summed E-state index contributed by atoms with van der Waals surface area (Å²) in [4.78, 5) is 23.3. The average Bonchev–Trinajstić information content (AvgIpc) is 2.59. The van der Waals surface area contributed by atoms with Crippen molar-refractivity contribution < 1.29 is 23.5 Å². The van der Waals surface area contributed by atoms with Crippen molar-refractivity contribution in [1.82, 2.24) is 5.32 Å². The predicted octanol–water partition coefficient (Wildman–Crippen LogP) is 2.63. The number of amides is 1. The number of benzene rings is 2. The van der Waals surface area contributed by atoms with E-state index in [-0.39, 0.29) is 11.8 Å². The molecule has 0 bridgehead atoms. The van der Waals surface area contributed by atoms with Crippen LogP contribution in [0.5, 0.6) is 5.75 Å². The Bertz CT molecular complexity index is 690. The Balaban J connectivity index is 1.70. The monoisotopic (exact) mass is 331 g/mol. The molecule has 2 aromatic rings. The highest BCUT2D eigenvalue weighted by molar-refractivity contribution is 5.81. The van der Waals surface area contributed by atoms with Crippen LogP contribution in [-0.4, -0.2) is 25.1 Å². The number of carbonyl (C=O) groups is 2. The van der Waals surface area contributed by atoms with Crippen LogP contribution in [0.25, 0.3) is 0 Å². The van der Waals surface area contributed by atoms with Gasteiger partial charge in [0.15, 0.2) is 13.2 Å². The molecule has 0 aliphatic heterocycles. The largest absolute Gasteiger partial charge is 0.482 e. The third-order valence-corrected chi connectivity index (χ3v) is 3.19. The number of halogens is 1. The van der Waals surface area contributed by atoms with Crippen LogP contribution in [0.1, 0.15) is 18.5 Å². The topological polar surface area (TPSA) is 64.6 Å². The zero-order valence-electron chi connectivity index (χ0n) is 13.2. The number of hydrogen-bond acceptors (Lipinski definition) is 4. The summed E-state index contributed by atoms with van der Waals surface area (Å²) in [6.07, 6.45) is 0. The van der Waals surface area contributed by atoms with Crippen LogP contribution in [-0.2, 0) is 14.3 Å². The summed E-state index contributed by atoms with van der Waals surface area (Å²) in [5.41, 5.74) is 0.951. The number of rotatable bonds is 7. The second kappa shape index (κ2) is 8.67. The van der Waals surface area contributed by atoms with Crippen molar-refractivity contribution in [3.8, 4) is 5.75 Å². The van der Waals surface area contributed by atoms with Crippen LogP contribution < -0.4 is 10.1 Å². The molecule has 2 aromatic carbocycles. The highest BCUT2D eigenvalue weighted by atomic mass is 19.1. The van der Waals surface area contributed by atoms with Gasteiger partial charge in [0.2, 0.25) is 0 Å². The lowest BCUT2D eigenvalue weighted by Crippen LogP contribution is -2.31. The molecule has 0 aliphatic carbocycles. The summed E-state index contributed by atoms with van der Waals surface area (Å²) >= 11 is 0. The van der Waals surface area contributed by atoms with E-state index in [1.807, 2.05) is 37.3 Å². The molecule has 0 radical (unpaired) electrons. The van der Waals surface area contributed by atoms with Gasteiger partial charge < -0.3 is 14.8 Å². The number of carbonyl (C=O) groups excluding carboxylic acids is 2. The SMILES string of the molecule is C[C@@H](NC(=O)COC(=O)COc1cccc(F)c1)c1ccccc1. The number of ether oxygens (including phenoxy) is 2. The number of nitrogens with one attached hydrogen (secondary N) is 1. The standard InChI is InChI=1S/C18H18FNO4/c1-13(14-6-3-2-4-7-14)20-17(21)11-24-18(22)12-23-16-9-5-8-15(19)10-16/h2-10,13H,11-12H2,1H3,(H,20,21)/t13-/m1/s1. The molecule has 24 heavy (non-hydrogen) atoms. The molecule has 0 saturated heterocycles. The van der Waals surface area contributed by atoms with E-state index in [1.54, 1.807) is 0 Å². The van der Waals surface area contributed by atoms with Gasteiger partial charge in [-0.15, -0.1) is 0 Å². The average molecular weight is 331 g/mol. The van der Waals surface area contributed by atoms with Gasteiger partial charge in [0.25, 0.3) is 5.91 Å². The van der Waals surface area contributed by atoms with Gasteiger partial charge in [-0.05, 0) is 24.6 Å². The molecule has 0 unspecified atom stereocenters. The van der Waals surface area contributed by atoms with E-state index < -0.39 is 30.9 Å². The molecule has 1 atom stereocenters. The Hall–Kier alpha value is -2.89. The molecule has 126 valence electrons. The fraction of sp³-hybridized carbons (Fsp3) is 0.222. The van der Waals surface area contributed by atoms with Gasteiger partial charge >= 0.3 is 5.97 Å². The number of hydrogen-bond donors (Lipinski definition) is 1. The molecule has 0 spiro atoms. The van der Waals surface area contributed by atoms with E-state index in [0.29, 0.717) is 0 Å². The molecule has 1 amide bonds. The maximum Gasteiger partial charge on any atom is 0.344 e. The third-order valence-electron chi connectivity index (χ3n) is 3.19. The molecule has 0 saturated carbocycles. The molecule has 1 N–H and O–H groups in total. The smallest absolute Gasteiger partial charge is 0.344 e. The van der Waals surface area contributed by atoms with E-state index in [2.05, 4.69) is 5.32 Å². The van der Waals surface area contributed by atoms with Gasteiger partial charge in [-0.1, -0.05) is 36.4 Å². The van der Waals surface area contributed by atoms with Crippen LogP contribution in [0.3, 0.4) is 0 Å². The lowest BCUT2D eigenvalue weighted by Gasteiger charge is -2.14. The lowest BCUT2D eigenvalue weighted by atomic mass is 10.1. The molecule has 5 nitrogen and oxygen atoms in total. The van der Waals surface area contributed by atoms with Crippen LogP contribution in [0.4, 0.5) is 4.39 Å². The molecular weight excluding hydrogens is 313 g/mol. The summed E-state index contributed by atoms with van der Waals surface area (Å²) in [5, 5.41) is 2.73. The van der Waals surface area contributed by atoms with E-state index >= 15 is 0 Å². The van der Waals surface area contributed by atoms with Gasteiger partial charge in [-0.2, -0.15) is 0 Å². The maximum absolute atomic E-state index is 13.0. The molecule has 0 aromatic heterocycles. The Morgan fingerprint density at radius 1 is 1.08 bits per heavy atom. The molecule has 6 heteroatoms. The van der Waals surface area contributed by atoms with Crippen molar-refractivity contribution in [3.63, 3.8) is 0 Å². The minimum Gasteiger partial charge on any atom is -0.482 e. The van der Waals surface area contributed by atoms with Crippen molar-refractivity contribution in [2.24, 2.45) is 0 Å². The zero-order chi connectivity index (χ0) is 17.4. The number of esters is 1. The van der Waals surface area contributed by atoms with Crippen molar-refractivity contribution in [2.75, 3.05) is 13.2 Å². The second-order valence-corrected chi connectivity index (χ2v) is 5.11. The van der Waals surface area contributed by atoms with E-state index in [0.717, 1.165) is 11.6 Å². The van der Waals surface area contributed by atoms with Crippen molar-refractivity contribution >= 4 is 11.9 Å². The highest BCUT2D eigenvalue weighted by Gasteiger charge is 2.12. The van der Waals surface area contributed by atoms with E-state index in [4.69, 9.17) is 9.47 Å². The molecule has 0 aliphatic rings. The van der Waals surface area contributed by atoms with Crippen LogP contribution >= 0.6 is 0 Å². The van der Waals surface area contributed by atoms with Crippen LogP contribution in [0, 0.1) is 5.82 Å². The van der Waals surface area contributed by atoms with Crippen molar-refractivity contribution in [3.05, 3.63) is 66.0 Å². The Morgan fingerprint density at radius 2 is 1.83 bits per heavy atom. The van der Waals surface area contributed by atoms with Gasteiger partial charge in [0, 0.05) is 6.07 Å².